The van der Waals surface area contributed by atoms with E-state index in [0.717, 1.165) is 12.0 Å². The molecule has 0 aliphatic heterocycles. The van der Waals surface area contributed by atoms with Crippen molar-refractivity contribution in [1.82, 2.24) is 0 Å². The number of aliphatic hydroxyl groups is 1. The fourth-order valence-electron chi connectivity index (χ4n) is 2.24. The van der Waals surface area contributed by atoms with Gasteiger partial charge in [0.1, 0.15) is 5.82 Å². The average Bonchev–Trinajstić information content (AvgIpc) is 2.41. The van der Waals surface area contributed by atoms with Crippen molar-refractivity contribution >= 4 is 15.9 Å². The van der Waals surface area contributed by atoms with Crippen LogP contribution in [0.15, 0.2) is 46.9 Å². The number of benzene rings is 2. The van der Waals surface area contributed by atoms with E-state index in [4.69, 9.17) is 0 Å². The van der Waals surface area contributed by atoms with Gasteiger partial charge in [0.2, 0.25) is 0 Å². The Balaban J connectivity index is 1.89. The Kier molecular flexibility index (Phi) is 5.32. The monoisotopic (exact) mass is 336 g/mol. The van der Waals surface area contributed by atoms with Gasteiger partial charge in [-0.3, -0.25) is 0 Å². The summed E-state index contributed by atoms with van der Waals surface area (Å²) in [6.07, 6.45) is 1.70. The minimum absolute atomic E-state index is 0.275. The summed E-state index contributed by atoms with van der Waals surface area (Å²) < 4.78 is 13.6. The first-order chi connectivity index (χ1) is 9.54. The van der Waals surface area contributed by atoms with Crippen molar-refractivity contribution in [2.75, 3.05) is 0 Å². The summed E-state index contributed by atoms with van der Waals surface area (Å²) in [5, 5.41) is 10.1. The molecule has 0 bridgehead atoms. The zero-order valence-electron chi connectivity index (χ0n) is 11.4. The molecule has 2 rings (SSSR count). The molecule has 1 nitrogen and oxygen atoms in total. The molecule has 2 aromatic carbocycles. The fraction of sp³-hybridized carbons (Fsp3) is 0.294. The van der Waals surface area contributed by atoms with Crippen LogP contribution in [-0.2, 0) is 12.8 Å². The molecule has 0 saturated heterocycles. The highest BCUT2D eigenvalue weighted by Gasteiger charge is 2.08. The van der Waals surface area contributed by atoms with Gasteiger partial charge in [-0.25, -0.2) is 4.39 Å². The Morgan fingerprint density at radius 3 is 2.65 bits per heavy atom. The predicted octanol–water partition coefficient (Wildman–Crippen LogP) is 4.43. The fourth-order valence-corrected chi connectivity index (χ4v) is 2.67. The van der Waals surface area contributed by atoms with Gasteiger partial charge < -0.3 is 5.11 Å². The minimum Gasteiger partial charge on any atom is -0.393 e. The van der Waals surface area contributed by atoms with Crippen LogP contribution < -0.4 is 0 Å². The number of halogens is 2. The van der Waals surface area contributed by atoms with E-state index in [0.29, 0.717) is 17.3 Å². The van der Waals surface area contributed by atoms with Crippen LogP contribution in [0.1, 0.15) is 23.1 Å². The van der Waals surface area contributed by atoms with E-state index in [1.807, 2.05) is 6.07 Å². The third-order valence-corrected chi connectivity index (χ3v) is 3.91. The lowest BCUT2D eigenvalue weighted by Crippen LogP contribution is -2.11. The van der Waals surface area contributed by atoms with Crippen molar-refractivity contribution in [2.24, 2.45) is 0 Å². The maximum absolute atomic E-state index is 13.1. The van der Waals surface area contributed by atoms with E-state index in [-0.39, 0.29) is 5.82 Å². The Bertz CT molecular complexity index is 583. The van der Waals surface area contributed by atoms with E-state index in [9.17, 15) is 9.50 Å². The van der Waals surface area contributed by atoms with Crippen molar-refractivity contribution < 1.29 is 9.50 Å². The molecule has 0 amide bonds. The van der Waals surface area contributed by atoms with Gasteiger partial charge in [0.05, 0.1) is 10.6 Å². The maximum atomic E-state index is 13.1. The summed E-state index contributed by atoms with van der Waals surface area (Å²) in [4.78, 5) is 0. The van der Waals surface area contributed by atoms with E-state index in [2.05, 4.69) is 41.1 Å². The summed E-state index contributed by atoms with van der Waals surface area (Å²) in [6, 6.07) is 13.2. The molecule has 1 atom stereocenters. The molecule has 0 aromatic heterocycles. The van der Waals surface area contributed by atoms with E-state index in [1.54, 1.807) is 12.1 Å². The van der Waals surface area contributed by atoms with Crippen LogP contribution in [0.3, 0.4) is 0 Å². The van der Waals surface area contributed by atoms with Gasteiger partial charge in [0.25, 0.3) is 0 Å². The lowest BCUT2D eigenvalue weighted by molar-refractivity contribution is 0.165. The molecule has 1 unspecified atom stereocenters. The Hall–Kier alpha value is -1.19. The van der Waals surface area contributed by atoms with Gasteiger partial charge in [-0.1, -0.05) is 35.9 Å². The molecule has 0 fully saturated rings. The van der Waals surface area contributed by atoms with Gasteiger partial charge in [-0.2, -0.15) is 0 Å². The molecule has 1 N–H and O–H groups in total. The van der Waals surface area contributed by atoms with Gasteiger partial charge in [-0.15, -0.1) is 0 Å². The van der Waals surface area contributed by atoms with E-state index < -0.39 is 6.10 Å². The molecule has 20 heavy (non-hydrogen) atoms. The average molecular weight is 337 g/mol. The van der Waals surface area contributed by atoms with Crippen molar-refractivity contribution in [3.05, 3.63) is 69.4 Å². The molecule has 0 spiro atoms. The van der Waals surface area contributed by atoms with Gasteiger partial charge in [0.15, 0.2) is 0 Å². The SMILES string of the molecule is Cc1cccc(CCC(O)Cc2ccc(F)c(Br)c2)c1. The molecule has 106 valence electrons. The number of aryl methyl sites for hydroxylation is 2. The summed E-state index contributed by atoms with van der Waals surface area (Å²) >= 11 is 3.16. The van der Waals surface area contributed by atoms with E-state index in [1.165, 1.54) is 17.2 Å². The first-order valence-corrected chi connectivity index (χ1v) is 7.51. The largest absolute Gasteiger partial charge is 0.393 e. The molecule has 0 aliphatic rings. The number of hydrogen-bond acceptors (Lipinski definition) is 1. The van der Waals surface area contributed by atoms with Crippen molar-refractivity contribution in [3.8, 4) is 0 Å². The standard InChI is InChI=1S/C17H18BrFO/c1-12-3-2-4-13(9-12)5-7-15(20)10-14-6-8-17(19)16(18)11-14/h2-4,6,8-9,11,15,20H,5,7,10H2,1H3. The first-order valence-electron chi connectivity index (χ1n) is 6.72. The first kappa shape index (κ1) is 15.2. The van der Waals surface area contributed by atoms with Crippen LogP contribution >= 0.6 is 15.9 Å². The highest BCUT2D eigenvalue weighted by atomic mass is 79.9. The second kappa shape index (κ2) is 7.00. The number of aliphatic hydroxyl groups excluding tert-OH is 1. The van der Waals surface area contributed by atoms with Crippen LogP contribution in [0.2, 0.25) is 0 Å². The zero-order valence-corrected chi connectivity index (χ0v) is 13.0. The second-order valence-corrected chi connectivity index (χ2v) is 5.99. The van der Waals surface area contributed by atoms with Crippen LogP contribution in [0.4, 0.5) is 4.39 Å². The molecule has 3 heteroatoms. The van der Waals surface area contributed by atoms with Crippen molar-refractivity contribution in [3.63, 3.8) is 0 Å². The van der Waals surface area contributed by atoms with E-state index >= 15 is 0 Å². The van der Waals surface area contributed by atoms with Crippen molar-refractivity contribution in [2.45, 2.75) is 32.3 Å². The number of rotatable bonds is 5. The molecular formula is C17H18BrFO. The summed E-state index contributed by atoms with van der Waals surface area (Å²) in [7, 11) is 0. The molecule has 2 aromatic rings. The van der Waals surface area contributed by atoms with Crippen LogP contribution in [0.25, 0.3) is 0 Å². The highest BCUT2D eigenvalue weighted by molar-refractivity contribution is 9.10. The Morgan fingerprint density at radius 1 is 1.15 bits per heavy atom. The van der Waals surface area contributed by atoms with Crippen molar-refractivity contribution in [1.29, 1.82) is 0 Å². The zero-order chi connectivity index (χ0) is 14.5. The maximum Gasteiger partial charge on any atom is 0.137 e. The van der Waals surface area contributed by atoms with Crippen LogP contribution in [-0.4, -0.2) is 11.2 Å². The highest BCUT2D eigenvalue weighted by Crippen LogP contribution is 2.19. The van der Waals surface area contributed by atoms with Crippen LogP contribution in [0.5, 0.6) is 0 Å². The third-order valence-electron chi connectivity index (χ3n) is 3.30. The molecule has 0 saturated carbocycles. The number of hydrogen-bond donors (Lipinski definition) is 1. The minimum atomic E-state index is -0.409. The summed E-state index contributed by atoms with van der Waals surface area (Å²) in [5.41, 5.74) is 3.42. The van der Waals surface area contributed by atoms with Gasteiger partial charge in [0, 0.05) is 0 Å². The third kappa shape index (κ3) is 4.43. The lowest BCUT2D eigenvalue weighted by atomic mass is 10.0. The van der Waals surface area contributed by atoms with Crippen LogP contribution in [0, 0.1) is 12.7 Å². The molecule has 0 radical (unpaired) electrons. The Labute approximate surface area is 127 Å². The van der Waals surface area contributed by atoms with Gasteiger partial charge in [-0.05, 0) is 65.4 Å². The molecule has 0 aliphatic carbocycles. The second-order valence-electron chi connectivity index (χ2n) is 5.13. The summed E-state index contributed by atoms with van der Waals surface area (Å²) in [6.45, 7) is 2.07. The van der Waals surface area contributed by atoms with Gasteiger partial charge >= 0.3 is 0 Å². The smallest absolute Gasteiger partial charge is 0.137 e. The molecule has 0 heterocycles. The predicted molar refractivity (Wildman–Crippen MR) is 83.3 cm³/mol. The summed E-state index contributed by atoms with van der Waals surface area (Å²) in [5.74, 6) is -0.275. The normalized spacial score (nSPS) is 12.4. The molecular weight excluding hydrogens is 319 g/mol. The Morgan fingerprint density at radius 2 is 1.95 bits per heavy atom. The quantitative estimate of drug-likeness (QED) is 0.856. The topological polar surface area (TPSA) is 20.2 Å². The lowest BCUT2D eigenvalue weighted by Gasteiger charge is -2.11.